The minimum absolute atomic E-state index is 0.549. The summed E-state index contributed by atoms with van der Waals surface area (Å²) in [7, 11) is 1.65. The van der Waals surface area contributed by atoms with Crippen molar-refractivity contribution in [2.75, 3.05) is 33.5 Å². The van der Waals surface area contributed by atoms with Crippen LogP contribution >= 0.6 is 0 Å². The van der Waals surface area contributed by atoms with Crippen LogP contribution in [0.15, 0.2) is 18.3 Å². The number of rotatable bonds is 7. The number of aryl methyl sites for hydroxylation is 1. The van der Waals surface area contributed by atoms with E-state index in [0.29, 0.717) is 26.4 Å². The molecule has 0 aliphatic rings. The van der Waals surface area contributed by atoms with Gasteiger partial charge in [-0.2, -0.15) is 0 Å². The molecule has 0 atom stereocenters. The van der Waals surface area contributed by atoms with E-state index < -0.39 is 0 Å². The van der Waals surface area contributed by atoms with Gasteiger partial charge in [-0.1, -0.05) is 0 Å². The zero-order valence-electron chi connectivity index (χ0n) is 9.23. The molecule has 84 valence electrons. The van der Waals surface area contributed by atoms with Crippen molar-refractivity contribution >= 4 is 0 Å². The minimum Gasteiger partial charge on any atom is -0.491 e. The SMILES string of the molecule is COCCOCCOc1ccnc(C)c1. The lowest BCUT2D eigenvalue weighted by atomic mass is 10.4. The normalized spacial score (nSPS) is 10.3. The van der Waals surface area contributed by atoms with Gasteiger partial charge < -0.3 is 14.2 Å². The smallest absolute Gasteiger partial charge is 0.122 e. The van der Waals surface area contributed by atoms with Gasteiger partial charge in [0.1, 0.15) is 12.4 Å². The van der Waals surface area contributed by atoms with Crippen molar-refractivity contribution < 1.29 is 14.2 Å². The van der Waals surface area contributed by atoms with Crippen LogP contribution in [-0.4, -0.2) is 38.5 Å². The van der Waals surface area contributed by atoms with Gasteiger partial charge >= 0.3 is 0 Å². The van der Waals surface area contributed by atoms with Crippen molar-refractivity contribution in [3.8, 4) is 5.75 Å². The Hall–Kier alpha value is -1.13. The maximum atomic E-state index is 5.46. The van der Waals surface area contributed by atoms with Crippen LogP contribution in [0.1, 0.15) is 5.69 Å². The molecule has 4 heteroatoms. The first kappa shape index (κ1) is 11.9. The zero-order valence-corrected chi connectivity index (χ0v) is 9.23. The lowest BCUT2D eigenvalue weighted by molar-refractivity contribution is 0.0544. The Morgan fingerprint density at radius 1 is 1.20 bits per heavy atom. The van der Waals surface area contributed by atoms with E-state index in [4.69, 9.17) is 14.2 Å². The first-order valence-electron chi connectivity index (χ1n) is 4.95. The number of nitrogens with zero attached hydrogens (tertiary/aromatic N) is 1. The van der Waals surface area contributed by atoms with E-state index in [9.17, 15) is 0 Å². The molecule has 0 fully saturated rings. The highest BCUT2D eigenvalue weighted by atomic mass is 16.5. The summed E-state index contributed by atoms with van der Waals surface area (Å²) in [5, 5.41) is 0. The van der Waals surface area contributed by atoms with E-state index in [1.54, 1.807) is 13.3 Å². The molecule has 0 bridgehead atoms. The molecule has 0 amide bonds. The van der Waals surface area contributed by atoms with Gasteiger partial charge in [-0.25, -0.2) is 0 Å². The molecule has 15 heavy (non-hydrogen) atoms. The van der Waals surface area contributed by atoms with Crippen LogP contribution in [0.3, 0.4) is 0 Å². The van der Waals surface area contributed by atoms with Crippen molar-refractivity contribution in [1.29, 1.82) is 0 Å². The van der Waals surface area contributed by atoms with Crippen LogP contribution in [0.4, 0.5) is 0 Å². The first-order chi connectivity index (χ1) is 7.33. The molecule has 1 rings (SSSR count). The molecule has 0 aromatic carbocycles. The fourth-order valence-electron chi connectivity index (χ4n) is 1.07. The summed E-state index contributed by atoms with van der Waals surface area (Å²) >= 11 is 0. The summed E-state index contributed by atoms with van der Waals surface area (Å²) in [4.78, 5) is 4.08. The number of hydrogen-bond acceptors (Lipinski definition) is 4. The Morgan fingerprint density at radius 2 is 2.00 bits per heavy atom. The third-order valence-corrected chi connectivity index (χ3v) is 1.80. The maximum absolute atomic E-state index is 5.46. The van der Waals surface area contributed by atoms with Crippen molar-refractivity contribution in [3.05, 3.63) is 24.0 Å². The molecule has 0 radical (unpaired) electrons. The fourth-order valence-corrected chi connectivity index (χ4v) is 1.07. The topological polar surface area (TPSA) is 40.6 Å². The third-order valence-electron chi connectivity index (χ3n) is 1.80. The number of hydrogen-bond donors (Lipinski definition) is 0. The van der Waals surface area contributed by atoms with Gasteiger partial charge in [-0.15, -0.1) is 0 Å². The molecule has 0 saturated heterocycles. The molecular formula is C11H17NO3. The van der Waals surface area contributed by atoms with E-state index >= 15 is 0 Å². The average Bonchev–Trinajstić information content (AvgIpc) is 2.23. The molecule has 0 unspecified atom stereocenters. The van der Waals surface area contributed by atoms with Gasteiger partial charge in [0.2, 0.25) is 0 Å². The number of ether oxygens (including phenoxy) is 3. The Morgan fingerprint density at radius 3 is 2.73 bits per heavy atom. The van der Waals surface area contributed by atoms with E-state index in [1.807, 2.05) is 19.1 Å². The molecule has 1 aromatic heterocycles. The Labute approximate surface area is 90.2 Å². The van der Waals surface area contributed by atoms with Crippen molar-refractivity contribution in [2.45, 2.75) is 6.92 Å². The second kappa shape index (κ2) is 7.20. The first-order valence-corrected chi connectivity index (χ1v) is 4.95. The van der Waals surface area contributed by atoms with Crippen LogP contribution in [0, 0.1) is 6.92 Å². The highest BCUT2D eigenvalue weighted by Crippen LogP contribution is 2.09. The van der Waals surface area contributed by atoms with Crippen molar-refractivity contribution in [2.24, 2.45) is 0 Å². The molecule has 1 heterocycles. The largest absolute Gasteiger partial charge is 0.491 e. The second-order valence-corrected chi connectivity index (χ2v) is 3.09. The molecule has 0 aliphatic heterocycles. The lowest BCUT2D eigenvalue weighted by Crippen LogP contribution is -2.10. The van der Waals surface area contributed by atoms with Gasteiger partial charge in [-0.3, -0.25) is 4.98 Å². The summed E-state index contributed by atoms with van der Waals surface area (Å²) in [5.74, 6) is 0.831. The van der Waals surface area contributed by atoms with Crippen molar-refractivity contribution in [3.63, 3.8) is 0 Å². The van der Waals surface area contributed by atoms with Gasteiger partial charge in [0.25, 0.3) is 0 Å². The van der Waals surface area contributed by atoms with E-state index in [1.165, 1.54) is 0 Å². The number of methoxy groups -OCH3 is 1. The summed E-state index contributed by atoms with van der Waals surface area (Å²) in [6, 6.07) is 3.73. The average molecular weight is 211 g/mol. The summed E-state index contributed by atoms with van der Waals surface area (Å²) in [6.07, 6.45) is 1.73. The molecular weight excluding hydrogens is 194 g/mol. The van der Waals surface area contributed by atoms with Crippen molar-refractivity contribution in [1.82, 2.24) is 4.98 Å². The predicted molar refractivity (Wildman–Crippen MR) is 57.2 cm³/mol. The highest BCUT2D eigenvalue weighted by molar-refractivity contribution is 5.21. The molecule has 0 aliphatic carbocycles. The van der Waals surface area contributed by atoms with Gasteiger partial charge in [0.15, 0.2) is 0 Å². The van der Waals surface area contributed by atoms with E-state index in [2.05, 4.69) is 4.98 Å². The fraction of sp³-hybridized carbons (Fsp3) is 0.545. The Bertz CT molecular complexity index is 278. The molecule has 0 saturated carbocycles. The monoisotopic (exact) mass is 211 g/mol. The van der Waals surface area contributed by atoms with Gasteiger partial charge in [0.05, 0.1) is 19.8 Å². The van der Waals surface area contributed by atoms with Crippen LogP contribution in [0.25, 0.3) is 0 Å². The predicted octanol–water partition coefficient (Wildman–Crippen LogP) is 1.43. The quantitative estimate of drug-likeness (QED) is 0.640. The lowest BCUT2D eigenvalue weighted by Gasteiger charge is -2.06. The van der Waals surface area contributed by atoms with Crippen LogP contribution in [0.5, 0.6) is 5.75 Å². The van der Waals surface area contributed by atoms with Crippen LogP contribution in [-0.2, 0) is 9.47 Å². The molecule has 1 aromatic rings. The Kier molecular flexibility index (Phi) is 5.73. The maximum Gasteiger partial charge on any atom is 0.122 e. The second-order valence-electron chi connectivity index (χ2n) is 3.09. The standard InChI is InChI=1S/C11H17NO3/c1-10-9-11(3-4-12-10)15-8-7-14-6-5-13-2/h3-4,9H,5-8H2,1-2H3. The molecule has 0 spiro atoms. The van der Waals surface area contributed by atoms with Gasteiger partial charge in [-0.05, 0) is 13.0 Å². The molecule has 4 nitrogen and oxygen atoms in total. The summed E-state index contributed by atoms with van der Waals surface area (Å²) < 4.78 is 15.6. The third kappa shape index (κ3) is 5.34. The Balaban J connectivity index is 2.10. The zero-order chi connectivity index (χ0) is 10.9. The highest BCUT2D eigenvalue weighted by Gasteiger charge is 1.94. The number of pyridine rings is 1. The minimum atomic E-state index is 0.549. The number of aromatic nitrogens is 1. The van der Waals surface area contributed by atoms with Gasteiger partial charge in [0, 0.05) is 25.1 Å². The van der Waals surface area contributed by atoms with E-state index in [-0.39, 0.29) is 0 Å². The molecule has 0 N–H and O–H groups in total. The summed E-state index contributed by atoms with van der Waals surface area (Å²) in [5.41, 5.74) is 0.952. The summed E-state index contributed by atoms with van der Waals surface area (Å²) in [6.45, 7) is 4.28. The van der Waals surface area contributed by atoms with Crippen LogP contribution < -0.4 is 4.74 Å². The van der Waals surface area contributed by atoms with E-state index in [0.717, 1.165) is 11.4 Å². The van der Waals surface area contributed by atoms with Crippen LogP contribution in [0.2, 0.25) is 0 Å².